The van der Waals surface area contributed by atoms with Crippen molar-refractivity contribution in [3.63, 3.8) is 0 Å². The summed E-state index contributed by atoms with van der Waals surface area (Å²) in [5.74, 6) is -0.448. The van der Waals surface area contributed by atoms with Gasteiger partial charge in [-0.25, -0.2) is 0 Å². The molecule has 0 fully saturated rings. The van der Waals surface area contributed by atoms with E-state index in [1.807, 2.05) is 30.3 Å². The summed E-state index contributed by atoms with van der Waals surface area (Å²) in [7, 11) is 1.72. The SMILES string of the molecule is Cc1c2c(nn1C)C(=O)C=C(Nc1ccccc1)C2=O. The van der Waals surface area contributed by atoms with E-state index in [0.29, 0.717) is 11.3 Å². The van der Waals surface area contributed by atoms with Gasteiger partial charge in [-0.05, 0) is 19.1 Å². The van der Waals surface area contributed by atoms with E-state index in [9.17, 15) is 9.59 Å². The van der Waals surface area contributed by atoms with E-state index in [0.717, 1.165) is 5.69 Å². The Hall–Kier alpha value is -2.69. The number of anilines is 1. The van der Waals surface area contributed by atoms with Gasteiger partial charge in [0, 0.05) is 24.5 Å². The lowest BCUT2D eigenvalue weighted by atomic mass is 9.97. The zero-order valence-corrected chi connectivity index (χ0v) is 11.2. The lowest BCUT2D eigenvalue weighted by Crippen LogP contribution is -2.21. The first-order chi connectivity index (χ1) is 9.58. The minimum Gasteiger partial charge on any atom is -0.352 e. The van der Waals surface area contributed by atoms with Crippen molar-refractivity contribution in [2.24, 2.45) is 7.05 Å². The van der Waals surface area contributed by atoms with Gasteiger partial charge in [-0.3, -0.25) is 14.3 Å². The highest BCUT2D eigenvalue weighted by atomic mass is 16.1. The van der Waals surface area contributed by atoms with Crippen LogP contribution in [-0.4, -0.2) is 21.3 Å². The van der Waals surface area contributed by atoms with E-state index in [-0.39, 0.29) is 23.0 Å². The summed E-state index contributed by atoms with van der Waals surface area (Å²) >= 11 is 0. The summed E-state index contributed by atoms with van der Waals surface area (Å²) in [5.41, 5.74) is 2.36. The highest BCUT2D eigenvalue weighted by molar-refractivity contribution is 6.25. The average molecular weight is 267 g/mol. The van der Waals surface area contributed by atoms with Crippen LogP contribution in [0.2, 0.25) is 0 Å². The molecule has 100 valence electrons. The Balaban J connectivity index is 2.01. The van der Waals surface area contributed by atoms with Crippen molar-refractivity contribution in [2.45, 2.75) is 6.92 Å². The van der Waals surface area contributed by atoms with Crippen molar-refractivity contribution in [1.29, 1.82) is 0 Å². The minimum absolute atomic E-state index is 0.200. The summed E-state index contributed by atoms with van der Waals surface area (Å²) in [5, 5.41) is 7.09. The zero-order chi connectivity index (χ0) is 14.3. The van der Waals surface area contributed by atoms with Crippen molar-refractivity contribution in [2.75, 3.05) is 5.32 Å². The predicted molar refractivity (Wildman–Crippen MR) is 74.8 cm³/mol. The summed E-state index contributed by atoms with van der Waals surface area (Å²) in [4.78, 5) is 24.5. The molecule has 2 aromatic rings. The highest BCUT2D eigenvalue weighted by Gasteiger charge is 2.31. The number of benzene rings is 1. The minimum atomic E-state index is -0.248. The molecular formula is C15H13N3O2. The normalized spacial score (nSPS) is 14.0. The number of hydrogen-bond acceptors (Lipinski definition) is 4. The van der Waals surface area contributed by atoms with Gasteiger partial charge >= 0.3 is 0 Å². The number of nitrogens with zero attached hydrogens (tertiary/aromatic N) is 2. The Morgan fingerprint density at radius 3 is 2.55 bits per heavy atom. The Bertz CT molecular complexity index is 742. The Kier molecular flexibility index (Phi) is 2.75. The zero-order valence-electron chi connectivity index (χ0n) is 11.2. The molecule has 5 nitrogen and oxygen atoms in total. The maximum absolute atomic E-state index is 12.5. The molecule has 20 heavy (non-hydrogen) atoms. The number of ketones is 2. The van der Waals surface area contributed by atoms with Crippen LogP contribution >= 0.6 is 0 Å². The smallest absolute Gasteiger partial charge is 0.213 e. The van der Waals surface area contributed by atoms with E-state index >= 15 is 0 Å². The number of hydrogen-bond donors (Lipinski definition) is 1. The van der Waals surface area contributed by atoms with Crippen molar-refractivity contribution in [3.8, 4) is 0 Å². The molecule has 1 heterocycles. The van der Waals surface area contributed by atoms with Crippen molar-refractivity contribution < 1.29 is 9.59 Å². The molecule has 3 rings (SSSR count). The molecule has 0 radical (unpaired) electrons. The fraction of sp³-hybridized carbons (Fsp3) is 0.133. The molecule has 0 bridgehead atoms. The second kappa shape index (κ2) is 4.45. The van der Waals surface area contributed by atoms with Crippen LogP contribution in [0.15, 0.2) is 42.1 Å². The largest absolute Gasteiger partial charge is 0.352 e. The molecule has 0 spiro atoms. The number of aromatic nitrogens is 2. The number of Topliss-reactive ketones (excluding diaryl/α,β-unsaturated/α-hetero) is 1. The van der Waals surface area contributed by atoms with Crippen LogP contribution in [0.25, 0.3) is 0 Å². The first kappa shape index (κ1) is 12.3. The highest BCUT2D eigenvalue weighted by Crippen LogP contribution is 2.24. The summed E-state index contributed by atoms with van der Waals surface area (Å²) in [6.07, 6.45) is 1.31. The Morgan fingerprint density at radius 2 is 1.85 bits per heavy atom. The summed E-state index contributed by atoms with van der Waals surface area (Å²) in [6.45, 7) is 1.78. The van der Waals surface area contributed by atoms with Crippen molar-refractivity contribution >= 4 is 17.3 Å². The number of carbonyl (C=O) groups excluding carboxylic acids is 2. The molecule has 5 heteroatoms. The second-order valence-corrected chi connectivity index (χ2v) is 4.68. The lowest BCUT2D eigenvalue weighted by Gasteiger charge is -2.13. The van der Waals surface area contributed by atoms with Crippen LogP contribution < -0.4 is 5.32 Å². The average Bonchev–Trinajstić information content (AvgIpc) is 2.74. The molecule has 0 aliphatic heterocycles. The number of rotatable bonds is 2. The van der Waals surface area contributed by atoms with Crippen LogP contribution in [0.1, 0.15) is 26.5 Å². The number of para-hydroxylation sites is 1. The van der Waals surface area contributed by atoms with Gasteiger partial charge in [0.15, 0.2) is 0 Å². The first-order valence-electron chi connectivity index (χ1n) is 6.24. The number of nitrogens with one attached hydrogen (secondary N) is 1. The third kappa shape index (κ3) is 1.84. The molecule has 0 atom stereocenters. The topological polar surface area (TPSA) is 64.0 Å². The van der Waals surface area contributed by atoms with Gasteiger partial charge in [0.2, 0.25) is 11.6 Å². The van der Waals surface area contributed by atoms with E-state index in [1.54, 1.807) is 18.7 Å². The van der Waals surface area contributed by atoms with Crippen LogP contribution in [0.4, 0.5) is 5.69 Å². The standard InChI is InChI=1S/C15H13N3O2/c1-9-13-14(17-18(9)2)12(19)8-11(15(13)20)16-10-6-4-3-5-7-10/h3-8,16H,1-2H3. The Labute approximate surface area is 115 Å². The molecule has 0 saturated carbocycles. The third-order valence-electron chi connectivity index (χ3n) is 3.37. The molecule has 1 aromatic heterocycles. The van der Waals surface area contributed by atoms with Crippen molar-refractivity contribution in [1.82, 2.24) is 9.78 Å². The number of allylic oxidation sites excluding steroid dienone is 2. The summed E-state index contributed by atoms with van der Waals surface area (Å²) < 4.78 is 1.56. The second-order valence-electron chi connectivity index (χ2n) is 4.68. The monoisotopic (exact) mass is 267 g/mol. The van der Waals surface area contributed by atoms with Crippen LogP contribution in [-0.2, 0) is 7.05 Å². The maximum Gasteiger partial charge on any atom is 0.213 e. The molecule has 1 aromatic carbocycles. The van der Waals surface area contributed by atoms with Gasteiger partial charge in [0.05, 0.1) is 11.3 Å². The van der Waals surface area contributed by atoms with Gasteiger partial charge in [-0.1, -0.05) is 18.2 Å². The molecule has 0 saturated heterocycles. The van der Waals surface area contributed by atoms with Crippen LogP contribution in [0.5, 0.6) is 0 Å². The quantitative estimate of drug-likeness (QED) is 0.905. The first-order valence-corrected chi connectivity index (χ1v) is 6.24. The van der Waals surface area contributed by atoms with Gasteiger partial charge in [-0.2, -0.15) is 5.10 Å². The summed E-state index contributed by atoms with van der Waals surface area (Å²) in [6, 6.07) is 9.28. The van der Waals surface area contributed by atoms with Crippen molar-refractivity contribution in [3.05, 3.63) is 59.1 Å². The molecule has 1 aliphatic carbocycles. The maximum atomic E-state index is 12.5. The molecule has 0 amide bonds. The van der Waals surface area contributed by atoms with E-state index in [4.69, 9.17) is 0 Å². The van der Waals surface area contributed by atoms with Crippen LogP contribution in [0.3, 0.4) is 0 Å². The van der Waals surface area contributed by atoms with E-state index < -0.39 is 0 Å². The van der Waals surface area contributed by atoms with E-state index in [2.05, 4.69) is 10.4 Å². The van der Waals surface area contributed by atoms with Gasteiger partial charge in [-0.15, -0.1) is 0 Å². The third-order valence-corrected chi connectivity index (χ3v) is 3.37. The van der Waals surface area contributed by atoms with Crippen LogP contribution in [0, 0.1) is 6.92 Å². The predicted octanol–water partition coefficient (Wildman–Crippen LogP) is 2.10. The van der Waals surface area contributed by atoms with Gasteiger partial charge in [0.25, 0.3) is 0 Å². The number of fused-ring (bicyclic) bond motifs is 1. The number of aryl methyl sites for hydroxylation is 1. The van der Waals surface area contributed by atoms with E-state index in [1.165, 1.54) is 6.08 Å². The molecule has 1 aliphatic rings. The molecule has 1 N–H and O–H groups in total. The number of carbonyl (C=O) groups is 2. The fourth-order valence-corrected chi connectivity index (χ4v) is 2.22. The fourth-order valence-electron chi connectivity index (χ4n) is 2.22. The van der Waals surface area contributed by atoms with Gasteiger partial charge in [0.1, 0.15) is 5.69 Å². The van der Waals surface area contributed by atoms with Gasteiger partial charge < -0.3 is 5.32 Å². The lowest BCUT2D eigenvalue weighted by molar-refractivity contribution is 0.0983. The molecule has 0 unspecified atom stereocenters. The Morgan fingerprint density at radius 1 is 1.15 bits per heavy atom. The molecular weight excluding hydrogens is 254 g/mol.